The Bertz CT molecular complexity index is 1540. The van der Waals surface area contributed by atoms with Gasteiger partial charge in [-0.05, 0) is 30.3 Å². The Morgan fingerprint density at radius 2 is 1.55 bits per heavy atom. The second-order valence-corrected chi connectivity index (χ2v) is 8.58. The zero-order chi connectivity index (χ0) is 31.4. The number of carbonyl (C=O) groups is 2. The average molecular weight is 638 g/mol. The van der Waals surface area contributed by atoms with E-state index in [4.69, 9.17) is 52.7 Å². The predicted molar refractivity (Wildman–Crippen MR) is 138 cm³/mol. The number of benzene rings is 1. The number of fused-ring (bicyclic) bond motifs is 5. The number of alkyl halides is 6. The molecule has 4 aromatic rings. The van der Waals surface area contributed by atoms with Gasteiger partial charge in [0.2, 0.25) is 0 Å². The summed E-state index contributed by atoms with van der Waals surface area (Å²) in [6.07, 6.45) is -4.94. The lowest BCUT2D eigenvalue weighted by Crippen LogP contribution is -2.21. The minimum Gasteiger partial charge on any atom is -0.495 e. The molecule has 0 saturated carbocycles. The summed E-state index contributed by atoms with van der Waals surface area (Å²) in [4.78, 5) is 34.7. The molecule has 0 spiro atoms. The van der Waals surface area contributed by atoms with E-state index in [1.165, 1.54) is 0 Å². The molecule has 0 atom stereocenters. The van der Waals surface area contributed by atoms with Gasteiger partial charge in [0, 0.05) is 23.5 Å². The molecule has 5 rings (SSSR count). The molecule has 222 valence electrons. The highest BCUT2D eigenvalue weighted by molar-refractivity contribution is 6.40. The topological polar surface area (TPSA) is 150 Å². The largest absolute Gasteiger partial charge is 0.495 e. The molecule has 0 aliphatic carbocycles. The SMILES string of the molecule is COc1ccc(Cl)c(-c2nc3c([nH]2)-c2ccncc2Nc2ncccc2-3)c1Cl.O=C(O)C(F)(F)F.O=C(O)C(F)(F)F. The molecule has 1 aliphatic rings. The number of anilines is 2. The van der Waals surface area contributed by atoms with Crippen molar-refractivity contribution in [2.45, 2.75) is 12.4 Å². The summed E-state index contributed by atoms with van der Waals surface area (Å²) >= 11 is 13.0. The van der Waals surface area contributed by atoms with Crippen molar-refractivity contribution in [1.29, 1.82) is 0 Å². The minimum atomic E-state index is -5.08. The quantitative estimate of drug-likeness (QED) is 0.152. The first-order chi connectivity index (χ1) is 19.6. The fraction of sp³-hybridized carbons (Fsp3) is 0.125. The van der Waals surface area contributed by atoms with Gasteiger partial charge in [-0.15, -0.1) is 0 Å². The summed E-state index contributed by atoms with van der Waals surface area (Å²) in [6.45, 7) is 0. The number of carboxylic acid groups (broad SMARTS) is 2. The van der Waals surface area contributed by atoms with Crippen molar-refractivity contribution in [2.24, 2.45) is 0 Å². The minimum absolute atomic E-state index is 0.401. The van der Waals surface area contributed by atoms with Crippen LogP contribution in [-0.4, -0.2) is 61.5 Å². The zero-order valence-corrected chi connectivity index (χ0v) is 22.1. The zero-order valence-electron chi connectivity index (χ0n) is 20.6. The maximum Gasteiger partial charge on any atom is 0.490 e. The van der Waals surface area contributed by atoms with Crippen molar-refractivity contribution in [2.75, 3.05) is 12.4 Å². The van der Waals surface area contributed by atoms with E-state index in [0.717, 1.165) is 28.2 Å². The van der Waals surface area contributed by atoms with Crippen LogP contribution in [0.4, 0.5) is 37.8 Å². The number of halogens is 8. The van der Waals surface area contributed by atoms with Gasteiger partial charge in [0.1, 0.15) is 23.1 Å². The third-order valence-electron chi connectivity index (χ3n) is 5.11. The van der Waals surface area contributed by atoms with Crippen LogP contribution in [0.2, 0.25) is 10.0 Å². The summed E-state index contributed by atoms with van der Waals surface area (Å²) in [5, 5.41) is 18.5. The Morgan fingerprint density at radius 1 is 0.929 bits per heavy atom. The van der Waals surface area contributed by atoms with Crippen LogP contribution in [0.5, 0.6) is 5.75 Å². The lowest BCUT2D eigenvalue weighted by molar-refractivity contribution is -0.193. The molecule has 0 radical (unpaired) electrons. The Labute approximate surface area is 240 Å². The van der Waals surface area contributed by atoms with Gasteiger partial charge in [0.15, 0.2) is 0 Å². The molecule has 0 amide bonds. The molecular weight excluding hydrogens is 623 g/mol. The standard InChI is InChI=1S/C20H13Cl2N5O.2C2HF3O2/c1-28-14-5-4-12(21)15(16(14)22)20-26-17-10-6-8-23-9-13(10)25-19-11(18(17)27-20)3-2-7-24-19;2*3-2(4,5)1(6)7/h2-9H,1H3,(H,24,25)(H,26,27);2*(H,6,7). The normalized spacial score (nSPS) is 11.5. The smallest absolute Gasteiger partial charge is 0.490 e. The van der Waals surface area contributed by atoms with Crippen molar-refractivity contribution < 1.29 is 50.9 Å². The maximum absolute atomic E-state index is 10.6. The Kier molecular flexibility index (Phi) is 9.53. The van der Waals surface area contributed by atoms with Crippen molar-refractivity contribution in [3.63, 3.8) is 0 Å². The van der Waals surface area contributed by atoms with E-state index < -0.39 is 24.3 Å². The lowest BCUT2D eigenvalue weighted by Gasteiger charge is -2.10. The van der Waals surface area contributed by atoms with Crippen molar-refractivity contribution in [3.8, 4) is 39.7 Å². The van der Waals surface area contributed by atoms with E-state index >= 15 is 0 Å². The fourth-order valence-electron chi connectivity index (χ4n) is 3.33. The number of ether oxygens (including phenoxy) is 1. The summed E-state index contributed by atoms with van der Waals surface area (Å²) in [7, 11) is 1.56. The van der Waals surface area contributed by atoms with Crippen molar-refractivity contribution in [3.05, 3.63) is 59.0 Å². The van der Waals surface area contributed by atoms with Crippen LogP contribution in [0.1, 0.15) is 0 Å². The van der Waals surface area contributed by atoms with Gasteiger partial charge < -0.3 is 25.3 Å². The highest BCUT2D eigenvalue weighted by Crippen LogP contribution is 2.45. The third-order valence-corrected chi connectivity index (χ3v) is 5.80. The maximum atomic E-state index is 10.6. The van der Waals surface area contributed by atoms with Gasteiger partial charge in [-0.2, -0.15) is 26.3 Å². The molecule has 0 bridgehead atoms. The molecule has 1 aliphatic heterocycles. The predicted octanol–water partition coefficient (Wildman–Crippen LogP) is 6.84. The first-order valence-corrected chi connectivity index (χ1v) is 11.7. The molecule has 4 heterocycles. The second kappa shape index (κ2) is 12.5. The van der Waals surface area contributed by atoms with Gasteiger partial charge in [-0.25, -0.2) is 19.6 Å². The van der Waals surface area contributed by atoms with Crippen LogP contribution >= 0.6 is 23.2 Å². The number of aromatic nitrogens is 4. The highest BCUT2D eigenvalue weighted by atomic mass is 35.5. The number of nitrogens with zero attached hydrogens (tertiary/aromatic N) is 3. The Balaban J connectivity index is 0.000000289. The van der Waals surface area contributed by atoms with E-state index in [1.807, 2.05) is 18.2 Å². The van der Waals surface area contributed by atoms with Gasteiger partial charge in [0.05, 0.1) is 40.3 Å². The second-order valence-electron chi connectivity index (χ2n) is 7.80. The van der Waals surface area contributed by atoms with Gasteiger partial charge in [-0.3, -0.25) is 4.98 Å². The van der Waals surface area contributed by atoms with E-state index in [1.54, 1.807) is 37.8 Å². The average Bonchev–Trinajstić information content (AvgIpc) is 3.28. The first-order valence-electron chi connectivity index (χ1n) is 11.0. The van der Waals surface area contributed by atoms with Gasteiger partial charge in [0.25, 0.3) is 0 Å². The number of aliphatic carboxylic acids is 2. The van der Waals surface area contributed by atoms with Crippen LogP contribution < -0.4 is 10.1 Å². The van der Waals surface area contributed by atoms with E-state index in [-0.39, 0.29) is 0 Å². The number of H-pyrrole nitrogens is 1. The van der Waals surface area contributed by atoms with E-state index in [9.17, 15) is 26.3 Å². The molecular formula is C24H15Cl2F6N5O5. The van der Waals surface area contributed by atoms with E-state index in [0.29, 0.717) is 33.0 Å². The van der Waals surface area contributed by atoms with Crippen LogP contribution in [0.3, 0.4) is 0 Å². The highest BCUT2D eigenvalue weighted by Gasteiger charge is 2.39. The molecule has 1 aromatic carbocycles. The molecule has 0 fully saturated rings. The van der Waals surface area contributed by atoms with Gasteiger partial charge in [-0.1, -0.05) is 23.2 Å². The third kappa shape index (κ3) is 7.19. The van der Waals surface area contributed by atoms with Crippen LogP contribution in [0.15, 0.2) is 48.9 Å². The summed E-state index contributed by atoms with van der Waals surface area (Å²) in [5.74, 6) is -3.73. The van der Waals surface area contributed by atoms with Crippen LogP contribution in [0, 0.1) is 0 Å². The fourth-order valence-corrected chi connectivity index (χ4v) is 3.95. The first kappa shape index (κ1) is 32.0. The molecule has 3 aromatic heterocycles. The number of rotatable bonds is 2. The Hall–Kier alpha value is -4.57. The number of pyridine rings is 2. The van der Waals surface area contributed by atoms with Gasteiger partial charge >= 0.3 is 24.3 Å². The van der Waals surface area contributed by atoms with E-state index in [2.05, 4.69) is 20.3 Å². The monoisotopic (exact) mass is 637 g/mol. The number of aromatic amines is 1. The molecule has 10 nitrogen and oxygen atoms in total. The molecule has 0 unspecified atom stereocenters. The summed E-state index contributed by atoms with van der Waals surface area (Å²) < 4.78 is 68.8. The molecule has 4 N–H and O–H groups in total. The van der Waals surface area contributed by atoms with Crippen molar-refractivity contribution in [1.82, 2.24) is 19.9 Å². The number of methoxy groups -OCH3 is 1. The lowest BCUT2D eigenvalue weighted by atomic mass is 10.1. The number of nitrogens with one attached hydrogen (secondary N) is 2. The number of imidazole rings is 1. The summed E-state index contributed by atoms with van der Waals surface area (Å²) in [6, 6.07) is 9.23. The molecule has 0 saturated heterocycles. The van der Waals surface area contributed by atoms with Crippen molar-refractivity contribution >= 4 is 46.6 Å². The van der Waals surface area contributed by atoms with Crippen LogP contribution in [0.25, 0.3) is 33.9 Å². The Morgan fingerprint density at radius 3 is 2.12 bits per heavy atom. The molecule has 42 heavy (non-hydrogen) atoms. The molecule has 18 heteroatoms. The van der Waals surface area contributed by atoms with Crippen LogP contribution in [-0.2, 0) is 9.59 Å². The number of hydrogen-bond donors (Lipinski definition) is 4. The summed E-state index contributed by atoms with van der Waals surface area (Å²) in [5.41, 5.74) is 4.80. The number of carboxylic acids is 2. The number of hydrogen-bond acceptors (Lipinski definition) is 7.